The number of fused-ring (bicyclic) bond motifs is 1. The Labute approximate surface area is 272 Å². The molecule has 10 nitrogen and oxygen atoms in total. The third-order valence-corrected chi connectivity index (χ3v) is 8.02. The zero-order chi connectivity index (χ0) is 33.9. The summed E-state index contributed by atoms with van der Waals surface area (Å²) >= 11 is 1.05. The summed E-state index contributed by atoms with van der Waals surface area (Å²) in [6, 6.07) is 16.2. The van der Waals surface area contributed by atoms with Gasteiger partial charge in [0.1, 0.15) is 39.5 Å². The number of aromatic nitrogens is 3. The molecule has 0 aliphatic carbocycles. The van der Waals surface area contributed by atoms with E-state index in [1.54, 1.807) is 43.9 Å². The summed E-state index contributed by atoms with van der Waals surface area (Å²) in [5.41, 5.74) is 7.34. The number of nitrogens with one attached hydrogen (secondary N) is 2. The number of primary amides is 1. The van der Waals surface area contributed by atoms with E-state index < -0.39 is 35.4 Å². The van der Waals surface area contributed by atoms with Gasteiger partial charge in [-0.1, -0.05) is 24.3 Å². The van der Waals surface area contributed by atoms with Crippen molar-refractivity contribution in [2.24, 2.45) is 5.73 Å². The highest BCUT2D eigenvalue weighted by Gasteiger charge is 2.35. The molecule has 47 heavy (non-hydrogen) atoms. The number of thiophene rings is 1. The van der Waals surface area contributed by atoms with Gasteiger partial charge in [0, 0.05) is 30.9 Å². The minimum Gasteiger partial charge on any atom is -0.484 e. The Balaban J connectivity index is 1.33. The molecule has 0 radical (unpaired) electrons. The number of alkyl halides is 3. The molecule has 0 aliphatic rings. The Hall–Kier alpha value is -5.11. The van der Waals surface area contributed by atoms with E-state index in [9.17, 15) is 22.8 Å². The zero-order valence-electron chi connectivity index (χ0n) is 26.0. The first kappa shape index (κ1) is 33.3. The molecule has 0 saturated heterocycles. The minimum absolute atomic E-state index is 0.0595. The lowest BCUT2D eigenvalue weighted by molar-refractivity contribution is -0.139. The first-order valence-electron chi connectivity index (χ1n) is 14.6. The molecule has 5 rings (SSSR count). The molecule has 0 bridgehead atoms. The summed E-state index contributed by atoms with van der Waals surface area (Å²) in [5, 5.41) is 6.42. The van der Waals surface area contributed by atoms with Gasteiger partial charge in [0.05, 0.1) is 16.6 Å². The van der Waals surface area contributed by atoms with E-state index in [1.165, 1.54) is 25.1 Å². The molecule has 5 aromatic rings. The van der Waals surface area contributed by atoms with Gasteiger partial charge < -0.3 is 25.8 Å². The molecule has 2 amide bonds. The Kier molecular flexibility index (Phi) is 9.43. The van der Waals surface area contributed by atoms with Crippen LogP contribution in [0.2, 0.25) is 0 Å². The van der Waals surface area contributed by atoms with Crippen LogP contribution in [0.5, 0.6) is 5.75 Å². The molecule has 1 atom stereocenters. The van der Waals surface area contributed by atoms with E-state index in [2.05, 4.69) is 20.6 Å². The van der Waals surface area contributed by atoms with Gasteiger partial charge in [-0.25, -0.2) is 14.8 Å². The van der Waals surface area contributed by atoms with Gasteiger partial charge in [-0.15, -0.1) is 11.3 Å². The van der Waals surface area contributed by atoms with Crippen LogP contribution >= 0.6 is 11.3 Å². The van der Waals surface area contributed by atoms with Crippen molar-refractivity contribution in [1.82, 2.24) is 19.9 Å². The normalized spacial score (nSPS) is 12.5. The number of carbonyl (C=O) groups is 2. The van der Waals surface area contributed by atoms with E-state index >= 15 is 0 Å². The number of pyridine rings is 1. The van der Waals surface area contributed by atoms with Crippen molar-refractivity contribution < 1.29 is 32.2 Å². The van der Waals surface area contributed by atoms with Crippen LogP contribution in [0.3, 0.4) is 0 Å². The average molecular weight is 667 g/mol. The minimum atomic E-state index is -4.57. The number of benzene rings is 2. The number of hydrogen-bond acceptors (Lipinski definition) is 8. The number of amides is 2. The van der Waals surface area contributed by atoms with Crippen molar-refractivity contribution in [3.05, 3.63) is 89.2 Å². The van der Waals surface area contributed by atoms with Crippen LogP contribution in [0.1, 0.15) is 54.6 Å². The fourth-order valence-corrected chi connectivity index (χ4v) is 5.77. The van der Waals surface area contributed by atoms with E-state index in [4.69, 9.17) is 15.2 Å². The largest absolute Gasteiger partial charge is 0.484 e. The zero-order valence-corrected chi connectivity index (χ0v) is 26.8. The van der Waals surface area contributed by atoms with Crippen LogP contribution in [0, 0.1) is 0 Å². The second-order valence-electron chi connectivity index (χ2n) is 11.6. The number of rotatable bonds is 10. The first-order valence-corrected chi connectivity index (χ1v) is 15.4. The number of anilines is 1. The summed E-state index contributed by atoms with van der Waals surface area (Å²) in [6.45, 7) is 7.66. The summed E-state index contributed by atoms with van der Waals surface area (Å²) in [6.07, 6.45) is -2.81. The highest BCUT2D eigenvalue weighted by atomic mass is 32.1. The number of carbonyl (C=O) groups excluding carboxylic acids is 2. The Bertz CT molecular complexity index is 1910. The van der Waals surface area contributed by atoms with Crippen LogP contribution in [0.4, 0.5) is 23.8 Å². The number of hydrogen-bond donors (Lipinski definition) is 3. The highest BCUT2D eigenvalue weighted by Crippen LogP contribution is 2.39. The Morgan fingerprint density at radius 3 is 2.47 bits per heavy atom. The lowest BCUT2D eigenvalue weighted by Gasteiger charge is -2.19. The molecule has 0 fully saturated rings. The predicted octanol–water partition coefficient (Wildman–Crippen LogP) is 7.34. The van der Waals surface area contributed by atoms with Crippen LogP contribution in [0.15, 0.2) is 73.2 Å². The third-order valence-electron chi connectivity index (χ3n) is 6.89. The van der Waals surface area contributed by atoms with Gasteiger partial charge in [0.15, 0.2) is 0 Å². The molecule has 246 valence electrons. The van der Waals surface area contributed by atoms with Gasteiger partial charge in [-0.2, -0.15) is 13.2 Å². The molecule has 1 unspecified atom stereocenters. The van der Waals surface area contributed by atoms with Crippen LogP contribution in [-0.2, 0) is 10.9 Å². The number of halogens is 3. The SMILES string of the molecule is CC(Oc1cc(-n2cnc3cc(-c4ccnc(NCCNC(=O)OC(C)(C)C)c4)ccc32)sc1C(N)=O)c1ccccc1C(F)(F)F. The molecule has 3 heterocycles. The van der Waals surface area contributed by atoms with Crippen molar-refractivity contribution in [1.29, 1.82) is 0 Å². The molecule has 3 aromatic heterocycles. The molecular formula is C33H33F3N6O4S. The fourth-order valence-electron chi connectivity index (χ4n) is 4.85. The molecule has 0 saturated carbocycles. The van der Waals surface area contributed by atoms with Gasteiger partial charge in [0.25, 0.3) is 5.91 Å². The monoisotopic (exact) mass is 666 g/mol. The van der Waals surface area contributed by atoms with E-state index in [0.717, 1.165) is 34.0 Å². The van der Waals surface area contributed by atoms with Gasteiger partial charge >= 0.3 is 12.3 Å². The average Bonchev–Trinajstić information content (AvgIpc) is 3.62. The lowest BCUT2D eigenvalue weighted by Crippen LogP contribution is -2.35. The molecule has 14 heteroatoms. The fraction of sp³-hybridized carbons (Fsp3) is 0.273. The Morgan fingerprint density at radius 1 is 1.00 bits per heavy atom. The van der Waals surface area contributed by atoms with Gasteiger partial charge in [-0.3, -0.25) is 9.36 Å². The van der Waals surface area contributed by atoms with Crippen molar-refractivity contribution in [2.45, 2.75) is 45.6 Å². The molecule has 2 aromatic carbocycles. The smallest absolute Gasteiger partial charge is 0.416 e. The number of imidazole rings is 1. The van der Waals surface area contributed by atoms with E-state index in [-0.39, 0.29) is 16.2 Å². The molecule has 0 aliphatic heterocycles. The summed E-state index contributed by atoms with van der Waals surface area (Å²) in [7, 11) is 0. The lowest BCUT2D eigenvalue weighted by atomic mass is 10.0. The number of ether oxygens (including phenoxy) is 2. The second kappa shape index (κ2) is 13.3. The third kappa shape index (κ3) is 8.01. The van der Waals surface area contributed by atoms with Crippen LogP contribution < -0.4 is 21.1 Å². The Morgan fingerprint density at radius 2 is 1.74 bits per heavy atom. The highest BCUT2D eigenvalue weighted by molar-refractivity contribution is 7.16. The van der Waals surface area contributed by atoms with Gasteiger partial charge in [0.2, 0.25) is 0 Å². The van der Waals surface area contributed by atoms with Crippen molar-refractivity contribution >= 4 is 40.2 Å². The molecule has 4 N–H and O–H groups in total. The summed E-state index contributed by atoms with van der Waals surface area (Å²) in [4.78, 5) is 33.1. The standard InChI is InChI=1S/C33H33F3N6O4S/c1-19(22-7-5-6-8-23(22)33(34,35)36)45-26-17-28(47-29(26)30(37)43)42-18-41-24-15-20(9-10-25(24)42)21-11-12-38-27(16-21)39-13-14-40-31(44)46-32(2,3)4/h5-12,15-19H,13-14H2,1-4H3,(H2,37,43)(H,38,39)(H,40,44). The second-order valence-corrected chi connectivity index (χ2v) is 12.6. The number of nitrogens with two attached hydrogens (primary N) is 1. The van der Waals surface area contributed by atoms with Gasteiger partial charge in [-0.05, 0) is 69.2 Å². The summed E-state index contributed by atoms with van der Waals surface area (Å²) in [5.74, 6) is -0.0585. The van der Waals surface area contributed by atoms with Crippen LogP contribution in [-0.4, -0.2) is 45.2 Å². The summed E-state index contributed by atoms with van der Waals surface area (Å²) < 4.78 is 53.8. The van der Waals surface area contributed by atoms with E-state index in [1.807, 2.05) is 30.3 Å². The molecular weight excluding hydrogens is 633 g/mol. The van der Waals surface area contributed by atoms with Crippen LogP contribution in [0.25, 0.3) is 27.2 Å². The maximum absolute atomic E-state index is 13.6. The number of nitrogens with zero attached hydrogens (tertiary/aromatic N) is 3. The topological polar surface area (TPSA) is 133 Å². The van der Waals surface area contributed by atoms with E-state index in [0.29, 0.717) is 29.4 Å². The van der Waals surface area contributed by atoms with Crippen molar-refractivity contribution in [3.8, 4) is 21.9 Å². The maximum Gasteiger partial charge on any atom is 0.416 e. The maximum atomic E-state index is 13.6. The van der Waals surface area contributed by atoms with Crippen molar-refractivity contribution in [3.63, 3.8) is 0 Å². The first-order chi connectivity index (χ1) is 22.2. The quantitative estimate of drug-likeness (QED) is 0.133. The van der Waals surface area contributed by atoms with Crippen molar-refractivity contribution in [2.75, 3.05) is 18.4 Å². The molecule has 0 spiro atoms. The number of alkyl carbamates (subject to hydrolysis) is 1. The predicted molar refractivity (Wildman–Crippen MR) is 174 cm³/mol.